The minimum atomic E-state index is -0.128. The summed E-state index contributed by atoms with van der Waals surface area (Å²) in [6, 6.07) is 9.67. The van der Waals surface area contributed by atoms with Crippen LogP contribution in [0, 0.1) is 0 Å². The summed E-state index contributed by atoms with van der Waals surface area (Å²) in [5.41, 5.74) is 2.30. The number of amides is 2. The molecule has 1 saturated heterocycles. The van der Waals surface area contributed by atoms with Crippen molar-refractivity contribution >= 4 is 17.5 Å². The fraction of sp³-hybridized carbons (Fsp3) is 0.522. The molecule has 0 aliphatic carbocycles. The first-order valence-electron chi connectivity index (χ1n) is 11.0. The molecule has 0 bridgehead atoms. The second-order valence-electron chi connectivity index (χ2n) is 7.93. The Balaban J connectivity index is 1.69. The third kappa shape index (κ3) is 3.93. The summed E-state index contributed by atoms with van der Waals surface area (Å²) >= 11 is 0. The molecule has 0 atom stereocenters. The van der Waals surface area contributed by atoms with Gasteiger partial charge in [-0.1, -0.05) is 31.0 Å². The molecule has 2 aromatic rings. The molecule has 154 valence electrons. The lowest BCUT2D eigenvalue weighted by Crippen LogP contribution is -2.33. The van der Waals surface area contributed by atoms with E-state index >= 15 is 0 Å². The van der Waals surface area contributed by atoms with Crippen LogP contribution in [0.25, 0.3) is 0 Å². The van der Waals surface area contributed by atoms with Gasteiger partial charge in [-0.05, 0) is 51.2 Å². The molecule has 2 amide bonds. The van der Waals surface area contributed by atoms with Crippen LogP contribution >= 0.6 is 0 Å². The van der Waals surface area contributed by atoms with Crippen molar-refractivity contribution < 1.29 is 9.59 Å². The molecule has 29 heavy (non-hydrogen) atoms. The number of anilines is 1. The Hall–Kier alpha value is -2.63. The van der Waals surface area contributed by atoms with Crippen LogP contribution in [0.3, 0.4) is 0 Å². The molecule has 0 spiro atoms. The zero-order chi connectivity index (χ0) is 20.2. The van der Waals surface area contributed by atoms with Gasteiger partial charge < -0.3 is 14.4 Å². The van der Waals surface area contributed by atoms with E-state index in [0.717, 1.165) is 63.1 Å². The maximum Gasteiger partial charge on any atom is 0.294 e. The highest BCUT2D eigenvalue weighted by Gasteiger charge is 2.31. The van der Waals surface area contributed by atoms with Crippen LogP contribution in [0.5, 0.6) is 0 Å². The van der Waals surface area contributed by atoms with Crippen LogP contribution in [-0.4, -0.2) is 45.9 Å². The molecule has 1 aromatic carbocycles. The zero-order valence-electron chi connectivity index (χ0n) is 17.3. The summed E-state index contributed by atoms with van der Waals surface area (Å²) in [7, 11) is 0. The summed E-state index contributed by atoms with van der Waals surface area (Å²) in [6.45, 7) is 4.86. The summed E-state index contributed by atoms with van der Waals surface area (Å²) in [6.07, 6.45) is 7.31. The molecule has 3 heterocycles. The number of hydrogen-bond acceptors (Lipinski definition) is 3. The normalized spacial score (nSPS) is 16.8. The van der Waals surface area contributed by atoms with Crippen molar-refractivity contribution in [1.82, 2.24) is 14.5 Å². The van der Waals surface area contributed by atoms with Crippen molar-refractivity contribution in [2.24, 2.45) is 0 Å². The molecule has 1 aromatic heterocycles. The SMILES string of the molecule is CCN(C(=O)c1nc(C(=O)N2CCCCCC2)c2n1CCCC2)c1ccccc1. The second-order valence-corrected chi connectivity index (χ2v) is 7.93. The third-order valence-electron chi connectivity index (χ3n) is 6.03. The number of carbonyl (C=O) groups excluding carboxylic acids is 2. The van der Waals surface area contributed by atoms with Gasteiger partial charge in [0.05, 0.1) is 5.69 Å². The fourth-order valence-corrected chi connectivity index (χ4v) is 4.47. The Labute approximate surface area is 172 Å². The van der Waals surface area contributed by atoms with E-state index in [2.05, 4.69) is 4.98 Å². The number of nitrogens with zero attached hydrogens (tertiary/aromatic N) is 4. The number of para-hydroxylation sites is 1. The van der Waals surface area contributed by atoms with Crippen molar-refractivity contribution in [3.05, 3.63) is 47.5 Å². The quantitative estimate of drug-likeness (QED) is 0.790. The molecule has 0 unspecified atom stereocenters. The van der Waals surface area contributed by atoms with E-state index in [4.69, 9.17) is 0 Å². The highest BCUT2D eigenvalue weighted by atomic mass is 16.2. The van der Waals surface area contributed by atoms with Gasteiger partial charge >= 0.3 is 0 Å². The highest BCUT2D eigenvalue weighted by Crippen LogP contribution is 2.25. The van der Waals surface area contributed by atoms with E-state index in [0.29, 0.717) is 18.1 Å². The van der Waals surface area contributed by atoms with Crippen LogP contribution in [-0.2, 0) is 13.0 Å². The predicted molar refractivity (Wildman–Crippen MR) is 113 cm³/mol. The largest absolute Gasteiger partial charge is 0.337 e. The predicted octanol–water partition coefficient (Wildman–Crippen LogP) is 3.90. The number of fused-ring (bicyclic) bond motifs is 1. The minimum absolute atomic E-state index is 0.000593. The van der Waals surface area contributed by atoms with Crippen molar-refractivity contribution in [3.63, 3.8) is 0 Å². The smallest absolute Gasteiger partial charge is 0.294 e. The van der Waals surface area contributed by atoms with Gasteiger partial charge in [0.2, 0.25) is 5.82 Å². The number of likely N-dealkylation sites (tertiary alicyclic amines) is 1. The first-order valence-corrected chi connectivity index (χ1v) is 11.0. The van der Waals surface area contributed by atoms with Gasteiger partial charge in [-0.3, -0.25) is 9.59 Å². The molecule has 6 heteroatoms. The maximum atomic E-state index is 13.4. The highest BCUT2D eigenvalue weighted by molar-refractivity contribution is 6.05. The summed E-state index contributed by atoms with van der Waals surface area (Å²) < 4.78 is 2.00. The molecule has 4 rings (SSSR count). The molecule has 0 saturated carbocycles. The lowest BCUT2D eigenvalue weighted by molar-refractivity contribution is 0.0754. The lowest BCUT2D eigenvalue weighted by Gasteiger charge is -2.23. The van der Waals surface area contributed by atoms with E-state index in [1.54, 1.807) is 4.90 Å². The van der Waals surface area contributed by atoms with Crippen LogP contribution < -0.4 is 4.90 Å². The van der Waals surface area contributed by atoms with Gasteiger partial charge in [0.1, 0.15) is 5.69 Å². The van der Waals surface area contributed by atoms with Crippen molar-refractivity contribution in [3.8, 4) is 0 Å². The number of carbonyl (C=O) groups is 2. The average molecular weight is 395 g/mol. The Morgan fingerprint density at radius 3 is 2.34 bits per heavy atom. The lowest BCUT2D eigenvalue weighted by atomic mass is 10.1. The van der Waals surface area contributed by atoms with Gasteiger partial charge in [-0.15, -0.1) is 0 Å². The molecular formula is C23H30N4O2. The summed E-state index contributed by atoms with van der Waals surface area (Å²) in [5, 5.41) is 0. The minimum Gasteiger partial charge on any atom is -0.337 e. The number of imidazole rings is 1. The summed E-state index contributed by atoms with van der Waals surface area (Å²) in [4.78, 5) is 35.1. The number of hydrogen-bond donors (Lipinski definition) is 0. The van der Waals surface area contributed by atoms with Crippen molar-refractivity contribution in [2.75, 3.05) is 24.5 Å². The first-order chi connectivity index (χ1) is 14.2. The second kappa shape index (κ2) is 8.80. The van der Waals surface area contributed by atoms with Crippen LogP contribution in [0.1, 0.15) is 72.3 Å². The number of benzene rings is 1. The van der Waals surface area contributed by atoms with Gasteiger partial charge in [-0.25, -0.2) is 4.98 Å². The third-order valence-corrected chi connectivity index (χ3v) is 6.03. The Kier molecular flexibility index (Phi) is 5.97. The Bertz CT molecular complexity index is 867. The first kappa shape index (κ1) is 19.7. The van der Waals surface area contributed by atoms with Crippen LogP contribution in [0.15, 0.2) is 30.3 Å². The monoisotopic (exact) mass is 394 g/mol. The Morgan fingerprint density at radius 2 is 1.66 bits per heavy atom. The maximum absolute atomic E-state index is 13.4. The molecule has 0 radical (unpaired) electrons. The molecule has 2 aliphatic rings. The molecule has 0 N–H and O–H groups in total. The molecule has 6 nitrogen and oxygen atoms in total. The van der Waals surface area contributed by atoms with Gasteiger partial charge in [0.15, 0.2) is 0 Å². The van der Waals surface area contributed by atoms with Crippen molar-refractivity contribution in [2.45, 2.75) is 58.4 Å². The van der Waals surface area contributed by atoms with E-state index in [1.807, 2.05) is 46.7 Å². The van der Waals surface area contributed by atoms with Crippen LogP contribution in [0.4, 0.5) is 5.69 Å². The number of aromatic nitrogens is 2. The number of rotatable bonds is 4. The van der Waals surface area contributed by atoms with Gasteiger partial charge in [0.25, 0.3) is 11.8 Å². The van der Waals surface area contributed by atoms with Crippen molar-refractivity contribution in [1.29, 1.82) is 0 Å². The van der Waals surface area contributed by atoms with Gasteiger partial charge in [0, 0.05) is 31.9 Å². The van der Waals surface area contributed by atoms with Crippen LogP contribution in [0.2, 0.25) is 0 Å². The molecular weight excluding hydrogens is 364 g/mol. The Morgan fingerprint density at radius 1 is 0.966 bits per heavy atom. The fourth-order valence-electron chi connectivity index (χ4n) is 4.47. The van der Waals surface area contributed by atoms with E-state index in [1.165, 1.54) is 12.8 Å². The van der Waals surface area contributed by atoms with Gasteiger partial charge in [-0.2, -0.15) is 0 Å². The van der Waals surface area contributed by atoms with E-state index < -0.39 is 0 Å². The molecule has 1 fully saturated rings. The summed E-state index contributed by atoms with van der Waals surface area (Å²) in [5.74, 6) is 0.278. The van der Waals surface area contributed by atoms with E-state index in [-0.39, 0.29) is 11.8 Å². The van der Waals surface area contributed by atoms with E-state index in [9.17, 15) is 9.59 Å². The molecule has 2 aliphatic heterocycles. The standard InChI is InChI=1S/C23H30N4O2/c1-2-26(18-12-6-5-7-13-18)23(29)21-24-20(19-14-8-11-17-27(19)21)22(28)25-15-9-3-4-10-16-25/h5-7,12-13H,2-4,8-11,14-17H2,1H3. The average Bonchev–Trinajstić information content (AvgIpc) is 2.94. The topological polar surface area (TPSA) is 58.4 Å². The zero-order valence-corrected chi connectivity index (χ0v) is 17.3.